The van der Waals surface area contributed by atoms with Crippen molar-refractivity contribution in [3.63, 3.8) is 0 Å². The SMILES string of the molecule is Cc1nn(-c2ccc(C(N)=O)c(NC3CCN(C(C)C(=O)N(C)C)CC3)c2)c2c1C(=O)N(CC1CC1)C(C)(C)C2. The summed E-state index contributed by atoms with van der Waals surface area (Å²) in [7, 11) is 3.57. The third kappa shape index (κ3) is 5.33. The number of anilines is 1. The van der Waals surface area contributed by atoms with E-state index in [4.69, 9.17) is 10.8 Å². The number of likely N-dealkylation sites (N-methyl/N-ethyl adjacent to an activating group) is 1. The number of benzene rings is 1. The van der Waals surface area contributed by atoms with Crippen molar-refractivity contribution in [2.24, 2.45) is 11.7 Å². The lowest BCUT2D eigenvalue weighted by molar-refractivity contribution is -0.134. The molecule has 1 aliphatic carbocycles. The number of aryl methyl sites for hydroxylation is 1. The number of fused-ring (bicyclic) bond motifs is 1. The Balaban J connectivity index is 1.39. The molecule has 0 spiro atoms. The van der Waals surface area contributed by atoms with Gasteiger partial charge in [0.1, 0.15) is 0 Å². The fourth-order valence-corrected chi connectivity index (χ4v) is 6.21. The van der Waals surface area contributed by atoms with Gasteiger partial charge in [-0.15, -0.1) is 0 Å². The number of aromatic nitrogens is 2. The molecule has 10 heteroatoms. The lowest BCUT2D eigenvalue weighted by Gasteiger charge is -2.42. The minimum Gasteiger partial charge on any atom is -0.382 e. The fourth-order valence-electron chi connectivity index (χ4n) is 6.21. The number of hydrogen-bond donors (Lipinski definition) is 2. The van der Waals surface area contributed by atoms with Gasteiger partial charge < -0.3 is 20.9 Å². The molecule has 3 aliphatic rings. The van der Waals surface area contributed by atoms with E-state index >= 15 is 0 Å². The maximum absolute atomic E-state index is 13.7. The van der Waals surface area contributed by atoms with Gasteiger partial charge in [0.25, 0.3) is 11.8 Å². The monoisotopic (exact) mass is 549 g/mol. The molecule has 1 saturated heterocycles. The molecular weight excluding hydrogens is 506 g/mol. The van der Waals surface area contributed by atoms with Crippen LogP contribution in [0.5, 0.6) is 0 Å². The Morgan fingerprint density at radius 2 is 1.85 bits per heavy atom. The number of hydrogen-bond acceptors (Lipinski definition) is 6. The average Bonchev–Trinajstić information content (AvgIpc) is 3.67. The first kappa shape index (κ1) is 28.1. The Labute approximate surface area is 236 Å². The fraction of sp³-hybridized carbons (Fsp3) is 0.600. The maximum atomic E-state index is 13.7. The Kier molecular flexibility index (Phi) is 7.41. The lowest BCUT2D eigenvalue weighted by Crippen LogP contribution is -2.53. The van der Waals surface area contributed by atoms with Gasteiger partial charge in [-0.1, -0.05) is 0 Å². The molecule has 5 rings (SSSR count). The summed E-state index contributed by atoms with van der Waals surface area (Å²) in [6.45, 7) is 10.5. The van der Waals surface area contributed by atoms with Crippen molar-refractivity contribution in [2.75, 3.05) is 39.0 Å². The summed E-state index contributed by atoms with van der Waals surface area (Å²) >= 11 is 0. The number of nitrogens with zero attached hydrogens (tertiary/aromatic N) is 5. The quantitative estimate of drug-likeness (QED) is 0.523. The van der Waals surface area contributed by atoms with Crippen molar-refractivity contribution >= 4 is 23.4 Å². The molecule has 2 aliphatic heterocycles. The summed E-state index contributed by atoms with van der Waals surface area (Å²) in [5, 5.41) is 8.37. The van der Waals surface area contributed by atoms with Gasteiger partial charge in [0, 0.05) is 57.4 Å². The Hall–Kier alpha value is -3.40. The number of carbonyl (C=O) groups excluding carboxylic acids is 3. The molecule has 0 radical (unpaired) electrons. The lowest BCUT2D eigenvalue weighted by atomic mass is 9.87. The highest BCUT2D eigenvalue weighted by Crippen LogP contribution is 2.38. The second-order valence-corrected chi connectivity index (χ2v) is 12.6. The number of likely N-dealkylation sites (tertiary alicyclic amines) is 1. The molecule has 0 bridgehead atoms. The highest BCUT2D eigenvalue weighted by Gasteiger charge is 2.43. The van der Waals surface area contributed by atoms with E-state index in [0.717, 1.165) is 49.6 Å². The molecule has 3 N–H and O–H groups in total. The zero-order chi connectivity index (χ0) is 28.9. The predicted molar refractivity (Wildman–Crippen MR) is 155 cm³/mol. The van der Waals surface area contributed by atoms with Crippen molar-refractivity contribution in [1.29, 1.82) is 0 Å². The largest absolute Gasteiger partial charge is 0.382 e. The molecule has 3 heterocycles. The van der Waals surface area contributed by atoms with E-state index in [9.17, 15) is 14.4 Å². The van der Waals surface area contributed by atoms with Gasteiger partial charge in [-0.05, 0) is 77.5 Å². The second kappa shape index (κ2) is 10.5. The maximum Gasteiger partial charge on any atom is 0.258 e. The molecule has 3 amide bonds. The first-order valence-electron chi connectivity index (χ1n) is 14.4. The molecule has 1 saturated carbocycles. The Morgan fingerprint density at radius 3 is 2.45 bits per heavy atom. The van der Waals surface area contributed by atoms with E-state index < -0.39 is 5.91 Å². The van der Waals surface area contributed by atoms with Gasteiger partial charge in [-0.3, -0.25) is 19.3 Å². The van der Waals surface area contributed by atoms with Crippen molar-refractivity contribution in [3.05, 3.63) is 40.7 Å². The number of nitrogens with two attached hydrogens (primary N) is 1. The van der Waals surface area contributed by atoms with Crippen molar-refractivity contribution < 1.29 is 14.4 Å². The Morgan fingerprint density at radius 1 is 1.18 bits per heavy atom. The van der Waals surface area contributed by atoms with Crippen LogP contribution in [0.1, 0.15) is 78.6 Å². The van der Waals surface area contributed by atoms with Crippen LogP contribution in [-0.2, 0) is 11.2 Å². The molecule has 1 atom stereocenters. The predicted octanol–water partition coefficient (Wildman–Crippen LogP) is 2.82. The van der Waals surface area contributed by atoms with Gasteiger partial charge in [0.2, 0.25) is 5.91 Å². The molecular formula is C30H43N7O3. The van der Waals surface area contributed by atoms with E-state index in [0.29, 0.717) is 29.2 Å². The standard InChI is InChI=1S/C30H43N7O3/c1-18-26-25(16-30(3,4)36(29(26)40)17-20-7-8-20)37(33-18)22-9-10-23(27(31)38)24(15-22)32-21-11-13-35(14-12-21)19(2)28(39)34(5)6/h9-10,15,19-21,32H,7-8,11-14,16-17H2,1-6H3,(H2,31,38). The van der Waals surface area contributed by atoms with Crippen LogP contribution in [0.2, 0.25) is 0 Å². The normalized spacial score (nSPS) is 20.2. The topological polar surface area (TPSA) is 117 Å². The third-order valence-corrected chi connectivity index (χ3v) is 8.83. The van der Waals surface area contributed by atoms with Crippen LogP contribution >= 0.6 is 0 Å². The smallest absolute Gasteiger partial charge is 0.258 e. The summed E-state index contributed by atoms with van der Waals surface area (Å²) in [6.07, 6.45) is 4.76. The number of amides is 3. The van der Waals surface area contributed by atoms with Crippen molar-refractivity contribution in [1.82, 2.24) is 24.5 Å². The number of nitrogens with one attached hydrogen (secondary N) is 1. The number of rotatable bonds is 8. The van der Waals surface area contributed by atoms with E-state index in [1.165, 1.54) is 12.8 Å². The summed E-state index contributed by atoms with van der Waals surface area (Å²) < 4.78 is 1.87. The van der Waals surface area contributed by atoms with E-state index in [-0.39, 0.29) is 29.4 Å². The molecule has 1 unspecified atom stereocenters. The van der Waals surface area contributed by atoms with Gasteiger partial charge in [0.05, 0.1) is 34.2 Å². The highest BCUT2D eigenvalue weighted by atomic mass is 16.2. The zero-order valence-corrected chi connectivity index (χ0v) is 24.7. The molecule has 1 aromatic carbocycles. The van der Waals surface area contributed by atoms with Crippen LogP contribution in [0.4, 0.5) is 5.69 Å². The summed E-state index contributed by atoms with van der Waals surface area (Å²) in [4.78, 5) is 44.3. The van der Waals surface area contributed by atoms with Gasteiger partial charge in [0.15, 0.2) is 0 Å². The second-order valence-electron chi connectivity index (χ2n) is 12.6. The van der Waals surface area contributed by atoms with Crippen molar-refractivity contribution in [2.45, 2.75) is 77.4 Å². The molecule has 2 fully saturated rings. The first-order chi connectivity index (χ1) is 18.9. The first-order valence-corrected chi connectivity index (χ1v) is 14.4. The number of carbonyl (C=O) groups is 3. The molecule has 216 valence electrons. The summed E-state index contributed by atoms with van der Waals surface area (Å²) in [5.74, 6) is 0.272. The van der Waals surface area contributed by atoms with Crippen LogP contribution in [0.3, 0.4) is 0 Å². The van der Waals surface area contributed by atoms with E-state index in [2.05, 4.69) is 24.1 Å². The Bertz CT molecular complexity index is 1320. The molecule has 40 heavy (non-hydrogen) atoms. The van der Waals surface area contributed by atoms with Crippen molar-refractivity contribution in [3.8, 4) is 5.69 Å². The van der Waals surface area contributed by atoms with Crippen LogP contribution in [0, 0.1) is 12.8 Å². The van der Waals surface area contributed by atoms with E-state index in [1.54, 1.807) is 25.1 Å². The molecule has 1 aromatic heterocycles. The minimum atomic E-state index is -0.498. The van der Waals surface area contributed by atoms with Gasteiger partial charge in [-0.25, -0.2) is 4.68 Å². The van der Waals surface area contributed by atoms with Crippen LogP contribution in [0.25, 0.3) is 5.69 Å². The van der Waals surface area contributed by atoms with E-state index in [1.807, 2.05) is 35.6 Å². The average molecular weight is 550 g/mol. The van der Waals surface area contributed by atoms with Crippen LogP contribution < -0.4 is 11.1 Å². The number of primary amides is 1. The minimum absolute atomic E-state index is 0.0581. The van der Waals surface area contributed by atoms with Gasteiger partial charge in [-0.2, -0.15) is 5.10 Å². The van der Waals surface area contributed by atoms with Gasteiger partial charge >= 0.3 is 0 Å². The summed E-state index contributed by atoms with van der Waals surface area (Å²) in [5.41, 5.74) is 9.65. The third-order valence-electron chi connectivity index (χ3n) is 8.83. The van der Waals surface area contributed by atoms with Crippen LogP contribution in [-0.4, -0.2) is 93.6 Å². The summed E-state index contributed by atoms with van der Waals surface area (Å²) in [6, 6.07) is 5.48. The molecule has 2 aromatic rings. The van der Waals surface area contributed by atoms with Crippen LogP contribution in [0.15, 0.2) is 18.2 Å². The molecule has 10 nitrogen and oxygen atoms in total. The number of piperidine rings is 1. The zero-order valence-electron chi connectivity index (χ0n) is 24.7. The highest BCUT2D eigenvalue weighted by molar-refractivity contribution is 6.00.